The van der Waals surface area contributed by atoms with Gasteiger partial charge in [-0.15, -0.1) is 22.7 Å². The third kappa shape index (κ3) is 14.8. The summed E-state index contributed by atoms with van der Waals surface area (Å²) in [4.78, 5) is 37.2. The average Bonchev–Trinajstić information content (AvgIpc) is 4.01. The number of amides is 2. The number of allylic oxidation sites excluding steroid dienone is 2. The molecule has 0 unspecified atom stereocenters. The molecule has 0 saturated carbocycles. The SMILES string of the molecule is CC1(C)OB(c2ccc3sc(C4CCOCC4)nc3c2)OC1(C)C.C[C@H]1CC=C(OS(=O)(=O)C(F)(F)F)N(C(=O)OC(C)(C)C)C1.C[C@H]1CC=C(c2ccc3sc(C4CCOCC4)nc3c2)N(C(=O)OC(C)(C)C)C1. The van der Waals surface area contributed by atoms with Gasteiger partial charge in [0, 0.05) is 56.9 Å². The Hall–Kier alpha value is -4.32. The second-order valence-electron chi connectivity index (χ2n) is 22.9. The summed E-state index contributed by atoms with van der Waals surface area (Å²) in [5.41, 5.74) is -2.54. The zero-order valence-corrected chi connectivity index (χ0v) is 47.6. The maximum Gasteiger partial charge on any atom is 0.534 e. The number of hydrogen-bond donors (Lipinski definition) is 0. The number of benzene rings is 2. The molecule has 75 heavy (non-hydrogen) atoms. The first-order chi connectivity index (χ1) is 34.9. The molecule has 2 aromatic heterocycles. The third-order valence-electron chi connectivity index (χ3n) is 13.5. The number of aromatic nitrogens is 2. The van der Waals surface area contributed by atoms with Gasteiger partial charge in [-0.05, 0) is 155 Å². The van der Waals surface area contributed by atoms with Crippen LogP contribution in [-0.2, 0) is 42.6 Å². The molecule has 5 aliphatic rings. The normalized spacial score (nSPS) is 21.9. The highest BCUT2D eigenvalue weighted by Crippen LogP contribution is 2.39. The van der Waals surface area contributed by atoms with Crippen LogP contribution in [0.3, 0.4) is 0 Å². The molecule has 3 fully saturated rings. The lowest BCUT2D eigenvalue weighted by Gasteiger charge is -2.33. The molecular weight excluding hydrogens is 1030 g/mol. The molecule has 9 rings (SSSR count). The van der Waals surface area contributed by atoms with Gasteiger partial charge in [-0.2, -0.15) is 21.6 Å². The molecule has 0 N–H and O–H groups in total. The summed E-state index contributed by atoms with van der Waals surface area (Å²) < 4.78 is 99.8. The minimum atomic E-state index is -5.84. The predicted molar refractivity (Wildman–Crippen MR) is 286 cm³/mol. The fraction of sp³-hybridized carbons (Fsp3) is 0.623. The molecule has 0 radical (unpaired) electrons. The lowest BCUT2D eigenvalue weighted by molar-refractivity contribution is -0.0546. The first kappa shape index (κ1) is 58.4. The monoisotopic (exact) mass is 1100 g/mol. The highest BCUT2D eigenvalue weighted by Gasteiger charge is 2.52. The quantitative estimate of drug-likeness (QED) is 0.102. The van der Waals surface area contributed by atoms with E-state index in [9.17, 15) is 31.2 Å². The molecule has 2 aromatic carbocycles. The van der Waals surface area contributed by atoms with Gasteiger partial charge in [-0.3, -0.25) is 4.90 Å². The summed E-state index contributed by atoms with van der Waals surface area (Å²) >= 11 is 3.59. The van der Waals surface area contributed by atoms with Crippen molar-refractivity contribution in [3.05, 3.63) is 70.0 Å². The Bertz CT molecular complexity index is 2830. The van der Waals surface area contributed by atoms with Crippen LogP contribution in [0.5, 0.6) is 0 Å². The molecule has 412 valence electrons. The van der Waals surface area contributed by atoms with Gasteiger partial charge in [-0.25, -0.2) is 24.5 Å². The highest BCUT2D eigenvalue weighted by molar-refractivity contribution is 7.87. The number of alkyl halides is 3. The fourth-order valence-electron chi connectivity index (χ4n) is 8.71. The van der Waals surface area contributed by atoms with Crippen LogP contribution in [0, 0.1) is 11.8 Å². The molecule has 0 bridgehead atoms. The largest absolute Gasteiger partial charge is 0.534 e. The maximum absolute atomic E-state index is 12.9. The molecular formula is C53H72BF3N4O11S3. The van der Waals surface area contributed by atoms with Crippen LogP contribution in [0.15, 0.2) is 54.4 Å². The summed E-state index contributed by atoms with van der Waals surface area (Å²) in [6, 6.07) is 12.7. The molecule has 0 aliphatic carbocycles. The van der Waals surface area contributed by atoms with Crippen LogP contribution in [0.25, 0.3) is 26.1 Å². The van der Waals surface area contributed by atoms with E-state index in [1.807, 2.05) is 20.8 Å². The number of hydrogen-bond acceptors (Lipinski definition) is 15. The number of halogens is 3. The number of carbonyl (C=O) groups is 2. The average molecular weight is 1110 g/mol. The maximum atomic E-state index is 12.9. The Morgan fingerprint density at radius 1 is 0.693 bits per heavy atom. The molecule has 0 spiro atoms. The van der Waals surface area contributed by atoms with E-state index in [2.05, 4.69) is 81.3 Å². The third-order valence-corrected chi connectivity index (χ3v) is 16.8. The van der Waals surface area contributed by atoms with E-state index >= 15 is 0 Å². The van der Waals surface area contributed by atoms with Crippen LogP contribution < -0.4 is 5.46 Å². The standard InChI is InChI=1S/C23H30N2O3S.C18H24BNO3S.C12H18F3NO5S/c1-15-5-7-19(25(14-15)22(26)28-23(2,3)4)17-6-8-20-18(13-17)24-21(29-20)16-9-11-27-12-10-16;1-17(2)18(3,4)23-19(22-17)13-5-6-15-14(11-13)20-16(24-15)12-7-9-21-10-8-12;1-8-5-6-9(21-22(18,19)12(13,14)15)16(7-8)10(17)20-11(2,3)4/h6-8,13,15-16H,5,9-12,14H2,1-4H3;5-6,11-12H,7-10H2,1-4H3;6,8H,5,7H2,1-4H3/t15-;;8-/m0.0/s1. The Morgan fingerprint density at radius 2 is 1.15 bits per heavy atom. The van der Waals surface area contributed by atoms with Gasteiger partial charge in [0.15, 0.2) is 0 Å². The van der Waals surface area contributed by atoms with Crippen molar-refractivity contribution in [1.82, 2.24) is 19.8 Å². The number of carbonyl (C=O) groups excluding carboxylic acids is 2. The number of ether oxygens (including phenoxy) is 4. The molecule has 7 heterocycles. The van der Waals surface area contributed by atoms with Crippen molar-refractivity contribution in [3.8, 4) is 0 Å². The zero-order valence-electron chi connectivity index (χ0n) is 45.1. The van der Waals surface area contributed by atoms with E-state index in [0.29, 0.717) is 24.3 Å². The second kappa shape index (κ2) is 23.0. The van der Waals surface area contributed by atoms with Gasteiger partial charge in [0.2, 0.25) is 5.88 Å². The van der Waals surface area contributed by atoms with E-state index in [0.717, 1.165) is 97.3 Å². The minimum absolute atomic E-state index is 0.00583. The molecule has 5 aliphatic heterocycles. The van der Waals surface area contributed by atoms with E-state index in [-0.39, 0.29) is 43.3 Å². The number of fused-ring (bicyclic) bond motifs is 2. The van der Waals surface area contributed by atoms with Gasteiger partial charge in [0.1, 0.15) is 11.2 Å². The number of rotatable bonds is 6. The second-order valence-corrected chi connectivity index (χ2v) is 26.5. The summed E-state index contributed by atoms with van der Waals surface area (Å²) in [7, 11) is -6.17. The van der Waals surface area contributed by atoms with Gasteiger partial charge in [0.05, 0.1) is 47.3 Å². The lowest BCUT2D eigenvalue weighted by Crippen LogP contribution is -2.42. The summed E-state index contributed by atoms with van der Waals surface area (Å²) in [6.07, 6.45) is 7.50. The Balaban J connectivity index is 0.000000166. The molecule has 4 aromatic rings. The summed E-state index contributed by atoms with van der Waals surface area (Å²) in [5.74, 6) is 0.682. The number of nitrogens with zero attached hydrogens (tertiary/aromatic N) is 4. The molecule has 2 atom stereocenters. The van der Waals surface area contributed by atoms with Crippen LogP contribution in [0.4, 0.5) is 22.8 Å². The van der Waals surface area contributed by atoms with Gasteiger partial charge >= 0.3 is 34.9 Å². The molecule has 15 nitrogen and oxygen atoms in total. The first-order valence-electron chi connectivity index (χ1n) is 25.6. The lowest BCUT2D eigenvalue weighted by atomic mass is 9.79. The van der Waals surface area contributed by atoms with Crippen molar-refractivity contribution in [1.29, 1.82) is 0 Å². The van der Waals surface area contributed by atoms with Gasteiger partial charge in [0.25, 0.3) is 0 Å². The Kier molecular flexibility index (Phi) is 17.9. The fourth-order valence-corrected chi connectivity index (χ4v) is 11.4. The van der Waals surface area contributed by atoms with Crippen LogP contribution in [0.2, 0.25) is 0 Å². The molecule has 3 saturated heterocycles. The van der Waals surface area contributed by atoms with Crippen molar-refractivity contribution in [2.45, 2.75) is 161 Å². The molecule has 22 heteroatoms. The Labute approximate surface area is 447 Å². The zero-order chi connectivity index (χ0) is 54.9. The van der Waals surface area contributed by atoms with Crippen molar-refractivity contribution >= 4 is 83.7 Å². The van der Waals surface area contributed by atoms with Crippen molar-refractivity contribution < 1.29 is 63.6 Å². The van der Waals surface area contributed by atoms with Crippen molar-refractivity contribution in [2.75, 3.05) is 39.5 Å². The van der Waals surface area contributed by atoms with Crippen LogP contribution >= 0.6 is 22.7 Å². The van der Waals surface area contributed by atoms with Crippen molar-refractivity contribution in [3.63, 3.8) is 0 Å². The predicted octanol–water partition coefficient (Wildman–Crippen LogP) is 12.3. The van der Waals surface area contributed by atoms with Crippen molar-refractivity contribution in [2.24, 2.45) is 11.8 Å². The highest BCUT2D eigenvalue weighted by atomic mass is 32.2. The minimum Gasteiger partial charge on any atom is -0.443 e. The van der Waals surface area contributed by atoms with E-state index < -0.39 is 38.8 Å². The summed E-state index contributed by atoms with van der Waals surface area (Å²) in [6.45, 7) is 26.7. The first-order valence-corrected chi connectivity index (χ1v) is 28.7. The van der Waals surface area contributed by atoms with Crippen LogP contribution in [0.1, 0.15) is 149 Å². The van der Waals surface area contributed by atoms with E-state index in [4.69, 9.17) is 38.2 Å². The van der Waals surface area contributed by atoms with Gasteiger partial charge in [-0.1, -0.05) is 32.1 Å². The van der Waals surface area contributed by atoms with Crippen LogP contribution in [-0.4, -0.2) is 115 Å². The molecule has 2 amide bonds. The van der Waals surface area contributed by atoms with E-state index in [1.165, 1.54) is 19.4 Å². The topological polar surface area (TPSA) is 165 Å². The number of thiazole rings is 2. The smallest absolute Gasteiger partial charge is 0.443 e. The van der Waals surface area contributed by atoms with E-state index in [1.54, 1.807) is 55.3 Å². The van der Waals surface area contributed by atoms with Gasteiger partial charge < -0.3 is 32.4 Å². The summed E-state index contributed by atoms with van der Waals surface area (Å²) in [5, 5.41) is 2.44. The Morgan fingerprint density at radius 3 is 1.64 bits per heavy atom.